The molecule has 1 aromatic rings. The molecule has 1 fully saturated rings. The summed E-state index contributed by atoms with van der Waals surface area (Å²) in [4.78, 5) is 10.1. The molecule has 1 unspecified atom stereocenters. The van der Waals surface area contributed by atoms with Crippen LogP contribution in [0.5, 0.6) is 0 Å². The van der Waals surface area contributed by atoms with Crippen LogP contribution in [0.4, 0.5) is 5.69 Å². The summed E-state index contributed by atoms with van der Waals surface area (Å²) in [6.07, 6.45) is 1.85. The summed E-state index contributed by atoms with van der Waals surface area (Å²) in [5.41, 5.74) is 0.529. The summed E-state index contributed by atoms with van der Waals surface area (Å²) < 4.78 is 26.3. The molecular weight excluding hydrogens is 282 g/mol. The zero-order chi connectivity index (χ0) is 14.6. The molecule has 8 heteroatoms. The molecule has 1 atom stereocenters. The minimum Gasteiger partial charge on any atom is -0.313 e. The number of nitrogens with one attached hydrogen (secondary N) is 2. The maximum Gasteiger partial charge on any atom is 0.269 e. The predicted octanol–water partition coefficient (Wildman–Crippen LogP) is 0.766. The van der Waals surface area contributed by atoms with Crippen LogP contribution in [-0.2, 0) is 16.6 Å². The number of benzene rings is 1. The van der Waals surface area contributed by atoms with E-state index >= 15 is 0 Å². The van der Waals surface area contributed by atoms with Gasteiger partial charge in [-0.25, -0.2) is 13.1 Å². The molecule has 0 saturated carbocycles. The van der Waals surface area contributed by atoms with Crippen LogP contribution in [0.3, 0.4) is 0 Å². The Kier molecular flexibility index (Phi) is 4.69. The summed E-state index contributed by atoms with van der Waals surface area (Å²) >= 11 is 0. The lowest BCUT2D eigenvalue weighted by molar-refractivity contribution is -0.384. The smallest absolute Gasteiger partial charge is 0.269 e. The fourth-order valence-electron chi connectivity index (χ4n) is 2.20. The van der Waals surface area contributed by atoms with E-state index in [1.165, 1.54) is 12.1 Å². The molecule has 20 heavy (non-hydrogen) atoms. The minimum absolute atomic E-state index is 0.00221. The van der Waals surface area contributed by atoms with Crippen molar-refractivity contribution >= 4 is 15.7 Å². The highest BCUT2D eigenvalue weighted by Gasteiger charge is 2.21. The molecular formula is C12H17N3O4S. The Hall–Kier alpha value is -1.51. The zero-order valence-corrected chi connectivity index (χ0v) is 11.7. The summed E-state index contributed by atoms with van der Waals surface area (Å²) in [5.74, 6) is 0.0436. The van der Waals surface area contributed by atoms with E-state index < -0.39 is 14.9 Å². The van der Waals surface area contributed by atoms with E-state index in [0.29, 0.717) is 5.56 Å². The van der Waals surface area contributed by atoms with Crippen molar-refractivity contribution in [2.45, 2.75) is 25.4 Å². The fraction of sp³-hybridized carbons (Fsp3) is 0.500. The normalized spacial score (nSPS) is 19.1. The highest BCUT2D eigenvalue weighted by Crippen LogP contribution is 2.13. The first-order valence-corrected chi connectivity index (χ1v) is 8.05. The van der Waals surface area contributed by atoms with Crippen LogP contribution < -0.4 is 10.0 Å². The first kappa shape index (κ1) is 14.9. The molecule has 1 heterocycles. The summed E-state index contributed by atoms with van der Waals surface area (Å²) in [6, 6.07) is 5.94. The highest BCUT2D eigenvalue weighted by molar-refractivity contribution is 7.89. The first-order chi connectivity index (χ1) is 9.46. The Morgan fingerprint density at radius 2 is 2.25 bits per heavy atom. The maximum absolute atomic E-state index is 11.9. The van der Waals surface area contributed by atoms with Crippen LogP contribution in [0, 0.1) is 10.1 Å². The summed E-state index contributed by atoms with van der Waals surface area (Å²) in [7, 11) is -3.38. The molecule has 2 N–H and O–H groups in total. The molecule has 0 amide bonds. The van der Waals surface area contributed by atoms with Gasteiger partial charge in [-0.05, 0) is 24.9 Å². The zero-order valence-electron chi connectivity index (χ0n) is 10.9. The van der Waals surface area contributed by atoms with E-state index in [0.717, 1.165) is 19.4 Å². The van der Waals surface area contributed by atoms with Crippen LogP contribution in [-0.4, -0.2) is 31.7 Å². The van der Waals surface area contributed by atoms with Crippen molar-refractivity contribution in [1.82, 2.24) is 10.0 Å². The van der Waals surface area contributed by atoms with Crippen LogP contribution in [0.15, 0.2) is 24.3 Å². The van der Waals surface area contributed by atoms with Gasteiger partial charge in [-0.2, -0.15) is 0 Å². The fourth-order valence-corrected chi connectivity index (χ4v) is 3.51. The molecule has 110 valence electrons. The van der Waals surface area contributed by atoms with Gasteiger partial charge in [-0.3, -0.25) is 10.1 Å². The van der Waals surface area contributed by atoms with Crippen LogP contribution >= 0.6 is 0 Å². The second-order valence-electron chi connectivity index (χ2n) is 4.82. The third-order valence-corrected chi connectivity index (χ3v) is 4.63. The molecule has 1 saturated heterocycles. The molecule has 1 aromatic carbocycles. The number of nitro benzene ring substituents is 1. The number of hydrogen-bond acceptors (Lipinski definition) is 5. The highest BCUT2D eigenvalue weighted by atomic mass is 32.2. The average molecular weight is 299 g/mol. The van der Waals surface area contributed by atoms with Crippen molar-refractivity contribution in [3.63, 3.8) is 0 Å². The molecule has 0 aromatic heterocycles. The van der Waals surface area contributed by atoms with E-state index in [-0.39, 0.29) is 24.0 Å². The van der Waals surface area contributed by atoms with Crippen LogP contribution in [0.1, 0.15) is 18.4 Å². The third kappa shape index (κ3) is 4.26. The summed E-state index contributed by atoms with van der Waals surface area (Å²) in [5, 5.41) is 13.8. The largest absolute Gasteiger partial charge is 0.313 e. The molecule has 0 bridgehead atoms. The van der Waals surface area contributed by atoms with Crippen molar-refractivity contribution in [2.24, 2.45) is 0 Å². The number of sulfonamides is 1. The van der Waals surface area contributed by atoms with Crippen molar-refractivity contribution in [3.8, 4) is 0 Å². The first-order valence-electron chi connectivity index (χ1n) is 6.40. The second kappa shape index (κ2) is 6.29. The van der Waals surface area contributed by atoms with Crippen molar-refractivity contribution in [1.29, 1.82) is 0 Å². The van der Waals surface area contributed by atoms with Gasteiger partial charge in [0.05, 0.1) is 10.7 Å². The quantitative estimate of drug-likeness (QED) is 0.596. The molecule has 1 aliphatic rings. The van der Waals surface area contributed by atoms with Crippen LogP contribution in [0.2, 0.25) is 0 Å². The van der Waals surface area contributed by atoms with Gasteiger partial charge in [0.1, 0.15) is 0 Å². The molecule has 0 radical (unpaired) electrons. The van der Waals surface area contributed by atoms with Gasteiger partial charge in [0.15, 0.2) is 0 Å². The molecule has 1 aliphatic heterocycles. The number of non-ortho nitro benzene ring substituents is 1. The van der Waals surface area contributed by atoms with Crippen LogP contribution in [0.25, 0.3) is 0 Å². The van der Waals surface area contributed by atoms with E-state index in [9.17, 15) is 18.5 Å². The number of nitro groups is 1. The van der Waals surface area contributed by atoms with Crippen molar-refractivity contribution in [2.75, 3.05) is 12.3 Å². The van der Waals surface area contributed by atoms with Gasteiger partial charge < -0.3 is 5.32 Å². The number of nitrogens with zero attached hydrogens (tertiary/aromatic N) is 1. The van der Waals surface area contributed by atoms with Crippen molar-refractivity contribution < 1.29 is 13.3 Å². The molecule has 0 spiro atoms. The third-order valence-electron chi connectivity index (χ3n) is 3.20. The Morgan fingerprint density at radius 3 is 2.90 bits per heavy atom. The van der Waals surface area contributed by atoms with Gasteiger partial charge in [0.2, 0.25) is 10.0 Å². The Balaban J connectivity index is 1.93. The second-order valence-corrected chi connectivity index (χ2v) is 6.67. The Labute approximate surface area is 117 Å². The van der Waals surface area contributed by atoms with E-state index in [1.54, 1.807) is 12.1 Å². The Bertz CT molecular complexity index is 582. The monoisotopic (exact) mass is 299 g/mol. The van der Waals surface area contributed by atoms with Gasteiger partial charge in [-0.1, -0.05) is 12.1 Å². The molecule has 2 rings (SSSR count). The predicted molar refractivity (Wildman–Crippen MR) is 74.7 cm³/mol. The standard InChI is InChI=1S/C12H17N3O4S/c16-15(17)12-5-1-3-10(7-12)8-14-20(18,19)9-11-4-2-6-13-11/h1,3,5,7,11,13-14H,2,4,6,8-9H2. The minimum atomic E-state index is -3.38. The topological polar surface area (TPSA) is 101 Å². The SMILES string of the molecule is O=[N+]([O-])c1cccc(CNS(=O)(=O)CC2CCCN2)c1. The molecule has 0 aliphatic carbocycles. The average Bonchev–Trinajstić information content (AvgIpc) is 2.89. The Morgan fingerprint density at radius 1 is 1.45 bits per heavy atom. The van der Waals surface area contributed by atoms with E-state index in [4.69, 9.17) is 0 Å². The molecule has 7 nitrogen and oxygen atoms in total. The van der Waals surface area contributed by atoms with Gasteiger partial charge in [0.25, 0.3) is 5.69 Å². The van der Waals surface area contributed by atoms with Gasteiger partial charge >= 0.3 is 0 Å². The number of hydrogen-bond donors (Lipinski definition) is 2. The number of rotatable bonds is 6. The summed E-state index contributed by atoms with van der Waals surface area (Å²) in [6.45, 7) is 0.918. The van der Waals surface area contributed by atoms with Gasteiger partial charge in [-0.15, -0.1) is 0 Å². The van der Waals surface area contributed by atoms with Gasteiger partial charge in [0, 0.05) is 24.7 Å². The van der Waals surface area contributed by atoms with Crippen molar-refractivity contribution in [3.05, 3.63) is 39.9 Å². The lowest BCUT2D eigenvalue weighted by atomic mass is 10.2. The van der Waals surface area contributed by atoms with E-state index in [2.05, 4.69) is 10.0 Å². The lowest BCUT2D eigenvalue weighted by Crippen LogP contribution is -2.36. The van der Waals surface area contributed by atoms with E-state index in [1.807, 2.05) is 0 Å². The lowest BCUT2D eigenvalue weighted by Gasteiger charge is -2.11. The maximum atomic E-state index is 11.9.